The van der Waals surface area contributed by atoms with Gasteiger partial charge in [-0.1, -0.05) is 13.0 Å². The zero-order chi connectivity index (χ0) is 21.6. The van der Waals surface area contributed by atoms with Gasteiger partial charge in [0, 0.05) is 31.7 Å². The van der Waals surface area contributed by atoms with Gasteiger partial charge in [-0.3, -0.25) is 19.9 Å². The first-order valence-corrected chi connectivity index (χ1v) is 12.3. The SMILES string of the molecule is CCc1ccc(NC2CC(NC(=O)C3CC3)NC3NN(C)C(=O)C23)c(S(C)(=O)=O)c1. The molecule has 4 atom stereocenters. The molecule has 1 saturated carbocycles. The fraction of sp³-hybridized carbons (Fsp3) is 0.600. The van der Waals surface area contributed by atoms with E-state index in [4.69, 9.17) is 0 Å². The van der Waals surface area contributed by atoms with E-state index in [1.807, 2.05) is 13.0 Å². The van der Waals surface area contributed by atoms with Crippen LogP contribution < -0.4 is 21.4 Å². The third-order valence-electron chi connectivity index (χ3n) is 6.07. The third kappa shape index (κ3) is 4.17. The van der Waals surface area contributed by atoms with Crippen molar-refractivity contribution in [1.29, 1.82) is 0 Å². The summed E-state index contributed by atoms with van der Waals surface area (Å²) in [6.45, 7) is 1.97. The molecule has 0 bridgehead atoms. The summed E-state index contributed by atoms with van der Waals surface area (Å²) < 4.78 is 24.8. The molecule has 0 spiro atoms. The van der Waals surface area contributed by atoms with Gasteiger partial charge in [-0.05, 0) is 37.0 Å². The molecule has 0 aromatic heterocycles. The molecule has 2 saturated heterocycles. The fourth-order valence-electron chi connectivity index (χ4n) is 4.25. The van der Waals surface area contributed by atoms with Crippen molar-refractivity contribution in [2.24, 2.45) is 11.8 Å². The van der Waals surface area contributed by atoms with Gasteiger partial charge in [-0.25, -0.2) is 13.8 Å². The van der Waals surface area contributed by atoms with E-state index >= 15 is 0 Å². The molecule has 3 aliphatic rings. The highest BCUT2D eigenvalue weighted by molar-refractivity contribution is 7.90. The second kappa shape index (κ2) is 7.82. The van der Waals surface area contributed by atoms with E-state index < -0.39 is 15.8 Å². The Balaban J connectivity index is 1.61. The van der Waals surface area contributed by atoms with Crippen LogP contribution in [0.2, 0.25) is 0 Å². The number of anilines is 1. The molecular weight excluding hydrogens is 406 g/mol. The number of amides is 2. The average Bonchev–Trinajstić information content (AvgIpc) is 3.48. The number of nitrogens with one attached hydrogen (secondary N) is 4. The number of fused-ring (bicyclic) bond motifs is 1. The lowest BCUT2D eigenvalue weighted by atomic mass is 9.88. The molecule has 2 heterocycles. The van der Waals surface area contributed by atoms with Gasteiger partial charge in [0.2, 0.25) is 11.8 Å². The first kappa shape index (κ1) is 21.1. The highest BCUT2D eigenvalue weighted by Gasteiger charge is 2.49. The number of hydrogen-bond acceptors (Lipinski definition) is 7. The van der Waals surface area contributed by atoms with Gasteiger partial charge >= 0.3 is 0 Å². The van der Waals surface area contributed by atoms with Crippen molar-refractivity contribution in [2.45, 2.75) is 55.9 Å². The summed E-state index contributed by atoms with van der Waals surface area (Å²) in [5.41, 5.74) is 4.50. The van der Waals surface area contributed by atoms with E-state index in [-0.39, 0.29) is 41.0 Å². The lowest BCUT2D eigenvalue weighted by Gasteiger charge is -2.38. The van der Waals surface area contributed by atoms with Crippen molar-refractivity contribution in [1.82, 2.24) is 21.1 Å². The maximum absolute atomic E-state index is 12.7. The minimum atomic E-state index is -3.46. The zero-order valence-electron chi connectivity index (χ0n) is 17.4. The zero-order valence-corrected chi connectivity index (χ0v) is 18.3. The van der Waals surface area contributed by atoms with Crippen molar-refractivity contribution in [2.75, 3.05) is 18.6 Å². The maximum Gasteiger partial charge on any atom is 0.244 e. The summed E-state index contributed by atoms with van der Waals surface area (Å²) in [6.07, 6.45) is 3.52. The van der Waals surface area contributed by atoms with Crippen LogP contribution >= 0.6 is 0 Å². The second-order valence-corrected chi connectivity index (χ2v) is 10.5. The Hall–Kier alpha value is -2.17. The third-order valence-corrected chi connectivity index (χ3v) is 7.21. The Morgan fingerprint density at radius 1 is 1.30 bits per heavy atom. The molecule has 9 nitrogen and oxygen atoms in total. The number of carbonyl (C=O) groups is 2. The van der Waals surface area contributed by atoms with Gasteiger partial charge < -0.3 is 10.6 Å². The predicted molar refractivity (Wildman–Crippen MR) is 112 cm³/mol. The normalized spacial score (nSPS) is 28.9. The molecule has 10 heteroatoms. The highest BCUT2D eigenvalue weighted by atomic mass is 32.2. The number of carbonyl (C=O) groups excluding carboxylic acids is 2. The van der Waals surface area contributed by atoms with Crippen LogP contribution in [-0.4, -0.2) is 56.9 Å². The largest absolute Gasteiger partial charge is 0.380 e. The summed E-state index contributed by atoms with van der Waals surface area (Å²) >= 11 is 0. The van der Waals surface area contributed by atoms with Gasteiger partial charge in [0.15, 0.2) is 9.84 Å². The Morgan fingerprint density at radius 2 is 2.03 bits per heavy atom. The van der Waals surface area contributed by atoms with Gasteiger partial charge in [-0.15, -0.1) is 0 Å². The molecule has 2 amide bonds. The van der Waals surface area contributed by atoms with Gasteiger partial charge in [0.05, 0.1) is 28.8 Å². The molecule has 164 valence electrons. The number of piperidine rings is 1. The summed E-state index contributed by atoms with van der Waals surface area (Å²) in [7, 11) is -1.80. The number of sulfone groups is 1. The monoisotopic (exact) mass is 435 g/mol. The smallest absolute Gasteiger partial charge is 0.244 e. The molecule has 2 aliphatic heterocycles. The van der Waals surface area contributed by atoms with Gasteiger partial charge in [-0.2, -0.15) is 0 Å². The lowest BCUT2D eigenvalue weighted by Crippen LogP contribution is -2.63. The Bertz CT molecular complexity index is 962. The summed E-state index contributed by atoms with van der Waals surface area (Å²) in [5.74, 6) is -0.410. The number of hydrazine groups is 1. The first-order chi connectivity index (χ1) is 14.2. The number of benzene rings is 1. The van der Waals surface area contributed by atoms with Crippen LogP contribution in [0.5, 0.6) is 0 Å². The minimum absolute atomic E-state index is 0.0199. The van der Waals surface area contributed by atoms with Crippen LogP contribution in [0.15, 0.2) is 23.1 Å². The van der Waals surface area contributed by atoms with Crippen LogP contribution in [0, 0.1) is 11.8 Å². The lowest BCUT2D eigenvalue weighted by molar-refractivity contribution is -0.131. The van der Waals surface area contributed by atoms with Crippen molar-refractivity contribution < 1.29 is 18.0 Å². The summed E-state index contributed by atoms with van der Waals surface area (Å²) in [5, 5.41) is 11.1. The second-order valence-electron chi connectivity index (χ2n) is 8.47. The standard InChI is InChI=1S/C20H29N5O4S/c1-4-11-5-8-13(15(9-11)30(3,28)29)21-14-10-16(23-19(26)12-6-7-12)22-18-17(14)20(27)25(2)24-18/h5,8-9,12,14,16-18,21-22,24H,4,6-7,10H2,1-3H3,(H,23,26). The molecule has 3 fully saturated rings. The molecule has 4 rings (SSSR count). The van der Waals surface area contributed by atoms with Crippen LogP contribution in [0.1, 0.15) is 31.7 Å². The molecule has 1 aromatic rings. The fourth-order valence-corrected chi connectivity index (χ4v) is 5.14. The van der Waals surface area contributed by atoms with Crippen molar-refractivity contribution in [3.8, 4) is 0 Å². The topological polar surface area (TPSA) is 120 Å². The quantitative estimate of drug-likeness (QED) is 0.504. The molecule has 30 heavy (non-hydrogen) atoms. The molecule has 4 unspecified atom stereocenters. The Labute approximate surface area is 176 Å². The number of hydrogen-bond donors (Lipinski definition) is 4. The molecule has 1 aromatic carbocycles. The number of aryl methyl sites for hydroxylation is 1. The van der Waals surface area contributed by atoms with Crippen molar-refractivity contribution in [3.05, 3.63) is 23.8 Å². The average molecular weight is 436 g/mol. The Morgan fingerprint density at radius 3 is 2.67 bits per heavy atom. The predicted octanol–water partition coefficient (Wildman–Crippen LogP) is 0.198. The minimum Gasteiger partial charge on any atom is -0.380 e. The number of rotatable bonds is 6. The summed E-state index contributed by atoms with van der Waals surface area (Å²) in [6, 6.07) is 4.99. The Kier molecular flexibility index (Phi) is 5.50. The highest BCUT2D eigenvalue weighted by Crippen LogP contribution is 2.32. The molecular formula is C20H29N5O4S. The first-order valence-electron chi connectivity index (χ1n) is 10.4. The van der Waals surface area contributed by atoms with Crippen LogP contribution in [0.3, 0.4) is 0 Å². The summed E-state index contributed by atoms with van der Waals surface area (Å²) in [4.78, 5) is 25.2. The van der Waals surface area contributed by atoms with E-state index in [9.17, 15) is 18.0 Å². The van der Waals surface area contributed by atoms with Crippen LogP contribution in [-0.2, 0) is 25.8 Å². The maximum atomic E-state index is 12.7. The van der Waals surface area contributed by atoms with E-state index in [0.29, 0.717) is 12.1 Å². The molecule has 0 radical (unpaired) electrons. The number of nitrogens with zero attached hydrogens (tertiary/aromatic N) is 1. The van der Waals surface area contributed by atoms with Crippen LogP contribution in [0.4, 0.5) is 5.69 Å². The van der Waals surface area contributed by atoms with Crippen molar-refractivity contribution in [3.63, 3.8) is 0 Å². The van der Waals surface area contributed by atoms with E-state index in [2.05, 4.69) is 21.4 Å². The molecule has 4 N–H and O–H groups in total. The van der Waals surface area contributed by atoms with E-state index in [1.54, 1.807) is 19.2 Å². The molecule has 1 aliphatic carbocycles. The van der Waals surface area contributed by atoms with E-state index in [1.165, 1.54) is 11.3 Å². The van der Waals surface area contributed by atoms with Gasteiger partial charge in [0.25, 0.3) is 0 Å². The van der Waals surface area contributed by atoms with Crippen LogP contribution in [0.25, 0.3) is 0 Å². The van der Waals surface area contributed by atoms with Crippen molar-refractivity contribution >= 4 is 27.3 Å². The van der Waals surface area contributed by atoms with Gasteiger partial charge in [0.1, 0.15) is 0 Å². The van der Waals surface area contributed by atoms with E-state index in [0.717, 1.165) is 24.8 Å².